The lowest BCUT2D eigenvalue weighted by Crippen LogP contribution is -2.47. The monoisotopic (exact) mass is 240 g/mol. The van der Waals surface area contributed by atoms with Crippen molar-refractivity contribution in [2.45, 2.75) is 37.5 Å². The molecule has 0 aromatic rings. The van der Waals surface area contributed by atoms with Gasteiger partial charge in [0.05, 0.1) is 11.3 Å². The summed E-state index contributed by atoms with van der Waals surface area (Å²) in [5.74, 6) is -2.01. The summed E-state index contributed by atoms with van der Waals surface area (Å²) in [6.45, 7) is 1.19. The highest BCUT2D eigenvalue weighted by molar-refractivity contribution is 7.84. The molecule has 0 aliphatic heterocycles. The van der Waals surface area contributed by atoms with E-state index in [1.165, 1.54) is 6.92 Å². The van der Waals surface area contributed by atoms with Gasteiger partial charge < -0.3 is 5.73 Å². The molecule has 1 saturated carbocycles. The zero-order valence-corrected chi connectivity index (χ0v) is 9.10. The molecule has 3 N–H and O–H groups in total. The van der Waals surface area contributed by atoms with Crippen LogP contribution in [0.4, 0.5) is 8.78 Å². The number of rotatable bonds is 5. The van der Waals surface area contributed by atoms with Crippen LogP contribution in [0.2, 0.25) is 0 Å². The van der Waals surface area contributed by atoms with Crippen molar-refractivity contribution in [1.82, 2.24) is 4.72 Å². The van der Waals surface area contributed by atoms with Crippen LogP contribution < -0.4 is 10.5 Å². The van der Waals surface area contributed by atoms with Gasteiger partial charge in [-0.05, 0) is 12.8 Å². The lowest BCUT2D eigenvalue weighted by molar-refractivity contribution is -0.123. The molecule has 0 bridgehead atoms. The lowest BCUT2D eigenvalue weighted by Gasteiger charge is -2.17. The topological polar surface area (TPSA) is 72.2 Å². The van der Waals surface area contributed by atoms with Crippen LogP contribution in [0.5, 0.6) is 0 Å². The number of nitrogens with one attached hydrogen (secondary N) is 1. The third-order valence-corrected chi connectivity index (χ3v) is 3.77. The fourth-order valence-corrected chi connectivity index (χ4v) is 1.99. The highest BCUT2D eigenvalue weighted by Gasteiger charge is 2.33. The number of halogens is 2. The van der Waals surface area contributed by atoms with Crippen LogP contribution in [0, 0.1) is 5.92 Å². The van der Waals surface area contributed by atoms with E-state index in [1.807, 2.05) is 0 Å². The summed E-state index contributed by atoms with van der Waals surface area (Å²) in [7, 11) is -1.47. The van der Waals surface area contributed by atoms with Crippen LogP contribution in [0.15, 0.2) is 0 Å². The van der Waals surface area contributed by atoms with Gasteiger partial charge in [0.15, 0.2) is 0 Å². The smallest absolute Gasteiger partial charge is 0.249 e. The van der Waals surface area contributed by atoms with E-state index in [0.717, 1.165) is 12.8 Å². The molecule has 1 aliphatic rings. The summed E-state index contributed by atoms with van der Waals surface area (Å²) in [4.78, 5) is 11.3. The molecular weight excluding hydrogens is 226 g/mol. The van der Waals surface area contributed by atoms with E-state index >= 15 is 0 Å². The van der Waals surface area contributed by atoms with Gasteiger partial charge in [0.25, 0.3) is 0 Å². The Morgan fingerprint density at radius 1 is 1.53 bits per heavy atom. The molecule has 0 radical (unpaired) electrons. The molecule has 0 spiro atoms. The second kappa shape index (κ2) is 4.98. The fraction of sp³-hybridized carbons (Fsp3) is 0.875. The Morgan fingerprint density at radius 2 is 2.07 bits per heavy atom. The molecule has 1 fully saturated rings. The number of alkyl halides is 2. The molecule has 0 heterocycles. The maximum atomic E-state index is 12.2. The number of carbonyl (C=O) groups is 1. The number of carbonyl (C=O) groups excluding carboxylic acids is 1. The third-order valence-electron chi connectivity index (χ3n) is 2.29. The molecule has 3 atom stereocenters. The Morgan fingerprint density at radius 3 is 2.47 bits per heavy atom. The Bertz CT molecular complexity index is 271. The summed E-state index contributed by atoms with van der Waals surface area (Å²) < 4.78 is 37.8. The quantitative estimate of drug-likeness (QED) is 0.719. The first-order chi connectivity index (χ1) is 6.93. The summed E-state index contributed by atoms with van der Waals surface area (Å²) in [6, 6.07) is -1.31. The van der Waals surface area contributed by atoms with Gasteiger partial charge in [0.1, 0.15) is 11.0 Å². The molecule has 4 nitrogen and oxygen atoms in total. The Balaban J connectivity index is 2.41. The number of hydrogen-bond acceptors (Lipinski definition) is 3. The van der Waals surface area contributed by atoms with Crippen molar-refractivity contribution in [3.05, 3.63) is 0 Å². The van der Waals surface area contributed by atoms with Crippen molar-refractivity contribution in [3.8, 4) is 0 Å². The van der Waals surface area contributed by atoms with Crippen molar-refractivity contribution in [3.63, 3.8) is 0 Å². The molecule has 88 valence electrons. The standard InChI is InChI=1S/C8H14F2N2O2S/c1-4(7(9)10)6(11)8(13)12-15(14)5-2-3-5/h4-7H,2-3,11H2,1H3,(H,12,13). The Labute approximate surface area is 89.2 Å². The van der Waals surface area contributed by atoms with Gasteiger partial charge in [-0.2, -0.15) is 0 Å². The van der Waals surface area contributed by atoms with E-state index in [1.54, 1.807) is 0 Å². The molecule has 1 aliphatic carbocycles. The highest BCUT2D eigenvalue weighted by Crippen LogP contribution is 2.25. The first-order valence-electron chi connectivity index (χ1n) is 4.68. The van der Waals surface area contributed by atoms with E-state index in [9.17, 15) is 17.8 Å². The predicted molar refractivity (Wildman–Crippen MR) is 52.5 cm³/mol. The summed E-state index contributed by atoms with van der Waals surface area (Å²) in [6.07, 6.45) is -1.06. The van der Waals surface area contributed by atoms with E-state index in [-0.39, 0.29) is 5.25 Å². The summed E-state index contributed by atoms with van der Waals surface area (Å²) in [5.41, 5.74) is 5.30. The van der Waals surface area contributed by atoms with Gasteiger partial charge in [-0.15, -0.1) is 0 Å². The number of hydrogen-bond donors (Lipinski definition) is 2. The minimum absolute atomic E-state index is 0.0250. The van der Waals surface area contributed by atoms with E-state index < -0.39 is 35.3 Å². The van der Waals surface area contributed by atoms with Crippen LogP contribution in [0.1, 0.15) is 19.8 Å². The van der Waals surface area contributed by atoms with Crippen LogP contribution in [-0.4, -0.2) is 27.8 Å². The van der Waals surface area contributed by atoms with Gasteiger partial charge in [-0.25, -0.2) is 13.0 Å². The molecule has 1 amide bonds. The summed E-state index contributed by atoms with van der Waals surface area (Å²) in [5, 5.41) is -0.0250. The van der Waals surface area contributed by atoms with Crippen molar-refractivity contribution in [2.24, 2.45) is 11.7 Å². The van der Waals surface area contributed by atoms with E-state index in [4.69, 9.17) is 5.73 Å². The first kappa shape index (κ1) is 12.5. The van der Waals surface area contributed by atoms with Crippen LogP contribution >= 0.6 is 0 Å². The van der Waals surface area contributed by atoms with Gasteiger partial charge in [-0.1, -0.05) is 6.92 Å². The SMILES string of the molecule is CC(C(F)F)C(N)C(=O)NS(=O)C1CC1. The second-order valence-electron chi connectivity index (χ2n) is 3.68. The van der Waals surface area contributed by atoms with Gasteiger partial charge in [0.2, 0.25) is 12.3 Å². The fourth-order valence-electron chi connectivity index (χ4n) is 0.928. The molecule has 0 saturated heterocycles. The molecule has 7 heteroatoms. The number of amides is 1. The molecule has 1 rings (SSSR count). The van der Waals surface area contributed by atoms with Crippen LogP contribution in [0.3, 0.4) is 0 Å². The van der Waals surface area contributed by atoms with E-state index in [0.29, 0.717) is 0 Å². The van der Waals surface area contributed by atoms with Gasteiger partial charge in [0, 0.05) is 5.92 Å². The summed E-state index contributed by atoms with van der Waals surface area (Å²) >= 11 is 0. The maximum Gasteiger partial charge on any atom is 0.249 e. The molecule has 3 unspecified atom stereocenters. The zero-order chi connectivity index (χ0) is 11.6. The molecular formula is C8H14F2N2O2S. The second-order valence-corrected chi connectivity index (χ2v) is 5.15. The Kier molecular flexibility index (Phi) is 4.15. The number of nitrogens with two attached hydrogens (primary N) is 1. The average Bonchev–Trinajstić information content (AvgIpc) is 2.98. The zero-order valence-electron chi connectivity index (χ0n) is 8.28. The maximum absolute atomic E-state index is 12.2. The van der Waals surface area contributed by atoms with Crippen molar-refractivity contribution in [2.75, 3.05) is 0 Å². The molecule has 0 aromatic heterocycles. The molecule has 0 aromatic carbocycles. The van der Waals surface area contributed by atoms with Crippen LogP contribution in [0.25, 0.3) is 0 Å². The average molecular weight is 240 g/mol. The lowest BCUT2D eigenvalue weighted by atomic mass is 10.0. The molecule has 15 heavy (non-hydrogen) atoms. The first-order valence-corrected chi connectivity index (χ1v) is 5.89. The van der Waals surface area contributed by atoms with Gasteiger partial charge >= 0.3 is 0 Å². The van der Waals surface area contributed by atoms with Crippen molar-refractivity contribution in [1.29, 1.82) is 0 Å². The largest absolute Gasteiger partial charge is 0.319 e. The van der Waals surface area contributed by atoms with Gasteiger partial charge in [-0.3, -0.25) is 9.52 Å². The normalized spacial score (nSPS) is 22.2. The minimum atomic E-state index is -2.65. The van der Waals surface area contributed by atoms with Crippen molar-refractivity contribution < 1.29 is 17.8 Å². The van der Waals surface area contributed by atoms with Crippen molar-refractivity contribution >= 4 is 16.9 Å². The van der Waals surface area contributed by atoms with Crippen LogP contribution in [-0.2, 0) is 15.8 Å². The minimum Gasteiger partial charge on any atom is -0.319 e. The highest BCUT2D eigenvalue weighted by atomic mass is 32.2. The van der Waals surface area contributed by atoms with E-state index in [2.05, 4.69) is 4.72 Å². The Hall–Kier alpha value is -0.560. The third kappa shape index (κ3) is 3.49. The predicted octanol–water partition coefficient (Wildman–Crippen LogP) is 0.157.